The first-order valence-electron chi connectivity index (χ1n) is 6.07. The third-order valence-corrected chi connectivity index (χ3v) is 4.10. The van der Waals surface area contributed by atoms with Gasteiger partial charge in [0, 0.05) is 26.1 Å². The van der Waals surface area contributed by atoms with Crippen LogP contribution >= 0.6 is 46.4 Å². The molecule has 2 aromatic rings. The number of benzene rings is 2. The van der Waals surface area contributed by atoms with Gasteiger partial charge in [0.2, 0.25) is 0 Å². The second-order valence-electron chi connectivity index (χ2n) is 4.48. The van der Waals surface area contributed by atoms with E-state index in [-0.39, 0.29) is 6.04 Å². The largest absolute Gasteiger partial charge is 0.313 e. The van der Waals surface area contributed by atoms with E-state index in [1.165, 1.54) is 0 Å². The van der Waals surface area contributed by atoms with Crippen LogP contribution in [0.4, 0.5) is 0 Å². The second kappa shape index (κ2) is 7.02. The lowest BCUT2D eigenvalue weighted by Gasteiger charge is -2.18. The summed E-state index contributed by atoms with van der Waals surface area (Å²) in [5.41, 5.74) is 2.04. The highest BCUT2D eigenvalue weighted by Crippen LogP contribution is 2.29. The van der Waals surface area contributed by atoms with Crippen LogP contribution in [-0.4, -0.2) is 7.05 Å². The molecule has 1 N–H and O–H groups in total. The fourth-order valence-electron chi connectivity index (χ4n) is 2.07. The van der Waals surface area contributed by atoms with E-state index in [4.69, 9.17) is 46.4 Å². The van der Waals surface area contributed by atoms with Gasteiger partial charge in [-0.15, -0.1) is 0 Å². The Morgan fingerprint density at radius 3 is 2.10 bits per heavy atom. The summed E-state index contributed by atoms with van der Waals surface area (Å²) in [7, 11) is 1.89. The van der Waals surface area contributed by atoms with E-state index in [1.54, 1.807) is 12.1 Å². The number of nitrogens with one attached hydrogen (secondary N) is 1. The van der Waals surface area contributed by atoms with Crippen LogP contribution in [0.2, 0.25) is 20.1 Å². The van der Waals surface area contributed by atoms with Crippen molar-refractivity contribution in [1.29, 1.82) is 0 Å². The Morgan fingerprint density at radius 1 is 0.900 bits per heavy atom. The molecule has 0 saturated heterocycles. The van der Waals surface area contributed by atoms with Crippen molar-refractivity contribution in [3.63, 3.8) is 0 Å². The van der Waals surface area contributed by atoms with Gasteiger partial charge in [-0.25, -0.2) is 0 Å². The zero-order valence-electron chi connectivity index (χ0n) is 10.8. The highest BCUT2D eigenvalue weighted by Gasteiger charge is 2.13. The summed E-state index contributed by atoms with van der Waals surface area (Å²) < 4.78 is 0. The molecule has 0 aliphatic heterocycles. The van der Waals surface area contributed by atoms with Gasteiger partial charge in [0.05, 0.1) is 0 Å². The normalized spacial score (nSPS) is 12.4. The molecule has 0 amide bonds. The minimum atomic E-state index is 0.0740. The summed E-state index contributed by atoms with van der Waals surface area (Å²) in [4.78, 5) is 0. The Balaban J connectivity index is 2.28. The molecule has 0 spiro atoms. The van der Waals surface area contributed by atoms with Gasteiger partial charge in [0.15, 0.2) is 0 Å². The highest BCUT2D eigenvalue weighted by atomic mass is 35.5. The SMILES string of the molecule is CNC(Cc1ccc(Cl)cc1Cl)c1cc(Cl)cc(Cl)c1. The maximum Gasteiger partial charge on any atom is 0.0453 e. The quantitative estimate of drug-likeness (QED) is 0.735. The molecule has 2 rings (SSSR count). The lowest BCUT2D eigenvalue weighted by atomic mass is 9.99. The predicted molar refractivity (Wildman–Crippen MR) is 88.4 cm³/mol. The standard InChI is InChI=1S/C15H13Cl4N/c1-20-15(10-4-12(17)7-13(18)5-10)6-9-2-3-11(16)8-14(9)19/h2-5,7-8,15,20H,6H2,1H3. The number of likely N-dealkylation sites (N-methyl/N-ethyl adjacent to an activating group) is 1. The zero-order chi connectivity index (χ0) is 14.7. The molecular formula is C15H13Cl4N. The van der Waals surface area contributed by atoms with Gasteiger partial charge < -0.3 is 5.32 Å². The van der Waals surface area contributed by atoms with Crippen molar-refractivity contribution >= 4 is 46.4 Å². The van der Waals surface area contributed by atoms with Crippen LogP contribution in [0.25, 0.3) is 0 Å². The highest BCUT2D eigenvalue weighted by molar-refractivity contribution is 6.35. The average molecular weight is 349 g/mol. The number of rotatable bonds is 4. The van der Waals surface area contributed by atoms with Gasteiger partial charge in [-0.2, -0.15) is 0 Å². The fraction of sp³-hybridized carbons (Fsp3) is 0.200. The van der Waals surface area contributed by atoms with Gasteiger partial charge in [0.25, 0.3) is 0 Å². The zero-order valence-corrected chi connectivity index (χ0v) is 13.8. The molecule has 0 aliphatic rings. The van der Waals surface area contributed by atoms with Crippen LogP contribution in [0.3, 0.4) is 0 Å². The monoisotopic (exact) mass is 347 g/mol. The molecule has 106 valence electrons. The molecule has 1 atom stereocenters. The molecule has 1 unspecified atom stereocenters. The van der Waals surface area contributed by atoms with Crippen LogP contribution in [0, 0.1) is 0 Å². The van der Waals surface area contributed by atoms with E-state index in [0.717, 1.165) is 17.5 Å². The summed E-state index contributed by atoms with van der Waals surface area (Å²) in [5, 5.41) is 5.78. The second-order valence-corrected chi connectivity index (χ2v) is 6.20. The third kappa shape index (κ3) is 4.03. The summed E-state index contributed by atoms with van der Waals surface area (Å²) in [6.45, 7) is 0. The Morgan fingerprint density at radius 2 is 1.55 bits per heavy atom. The van der Waals surface area contributed by atoms with Gasteiger partial charge in [-0.05, 0) is 54.9 Å². The molecule has 0 heterocycles. The van der Waals surface area contributed by atoms with Crippen LogP contribution < -0.4 is 5.32 Å². The topological polar surface area (TPSA) is 12.0 Å². The Labute approximate surface area is 138 Å². The van der Waals surface area contributed by atoms with Gasteiger partial charge in [-0.1, -0.05) is 52.5 Å². The molecule has 0 aromatic heterocycles. The van der Waals surface area contributed by atoms with Crippen LogP contribution in [-0.2, 0) is 6.42 Å². The first kappa shape index (κ1) is 15.9. The van der Waals surface area contributed by atoms with E-state index in [2.05, 4.69) is 5.32 Å². The number of halogens is 4. The van der Waals surface area contributed by atoms with Gasteiger partial charge >= 0.3 is 0 Å². The van der Waals surface area contributed by atoms with E-state index in [0.29, 0.717) is 20.1 Å². The first-order valence-corrected chi connectivity index (χ1v) is 7.58. The first-order chi connectivity index (χ1) is 9.49. The van der Waals surface area contributed by atoms with Gasteiger partial charge in [-0.3, -0.25) is 0 Å². The Hall–Kier alpha value is -0.440. The number of hydrogen-bond acceptors (Lipinski definition) is 1. The molecular weight excluding hydrogens is 336 g/mol. The summed E-state index contributed by atoms with van der Waals surface area (Å²) in [5.74, 6) is 0. The van der Waals surface area contributed by atoms with Crippen LogP contribution in [0.5, 0.6) is 0 Å². The molecule has 1 nitrogen and oxygen atoms in total. The van der Waals surface area contributed by atoms with Crippen molar-refractivity contribution in [3.05, 3.63) is 67.6 Å². The van der Waals surface area contributed by atoms with E-state index >= 15 is 0 Å². The molecule has 0 saturated carbocycles. The minimum Gasteiger partial charge on any atom is -0.313 e. The molecule has 0 fully saturated rings. The lowest BCUT2D eigenvalue weighted by molar-refractivity contribution is 0.592. The minimum absolute atomic E-state index is 0.0740. The van der Waals surface area contributed by atoms with Crippen LogP contribution in [0.15, 0.2) is 36.4 Å². The van der Waals surface area contributed by atoms with Crippen molar-refractivity contribution in [1.82, 2.24) is 5.32 Å². The van der Waals surface area contributed by atoms with E-state index in [9.17, 15) is 0 Å². The van der Waals surface area contributed by atoms with Crippen molar-refractivity contribution < 1.29 is 0 Å². The molecule has 20 heavy (non-hydrogen) atoms. The smallest absolute Gasteiger partial charge is 0.0453 e. The van der Waals surface area contributed by atoms with E-state index in [1.807, 2.05) is 31.3 Å². The van der Waals surface area contributed by atoms with Crippen molar-refractivity contribution in [2.75, 3.05) is 7.05 Å². The van der Waals surface area contributed by atoms with Crippen LogP contribution in [0.1, 0.15) is 17.2 Å². The summed E-state index contributed by atoms with van der Waals surface area (Å²) in [6.07, 6.45) is 0.725. The molecule has 0 aliphatic carbocycles. The maximum absolute atomic E-state index is 6.22. The third-order valence-electron chi connectivity index (χ3n) is 3.07. The number of hydrogen-bond donors (Lipinski definition) is 1. The summed E-state index contributed by atoms with van der Waals surface area (Å²) in [6, 6.07) is 11.1. The molecule has 0 bridgehead atoms. The van der Waals surface area contributed by atoms with Crippen molar-refractivity contribution in [2.45, 2.75) is 12.5 Å². The fourth-order valence-corrected chi connectivity index (χ4v) is 3.10. The molecule has 5 heteroatoms. The maximum atomic E-state index is 6.22. The average Bonchev–Trinajstić information content (AvgIpc) is 2.36. The summed E-state index contributed by atoms with van der Waals surface area (Å²) >= 11 is 24.2. The lowest BCUT2D eigenvalue weighted by Crippen LogP contribution is -2.19. The van der Waals surface area contributed by atoms with Crippen molar-refractivity contribution in [3.8, 4) is 0 Å². The Bertz CT molecular complexity index is 593. The van der Waals surface area contributed by atoms with E-state index < -0.39 is 0 Å². The molecule has 0 radical (unpaired) electrons. The Kier molecular flexibility index (Phi) is 5.59. The van der Waals surface area contributed by atoms with Crippen molar-refractivity contribution in [2.24, 2.45) is 0 Å². The predicted octanol–water partition coefficient (Wildman–Crippen LogP) is 5.80. The molecule has 2 aromatic carbocycles. The van der Waals surface area contributed by atoms with Gasteiger partial charge in [0.1, 0.15) is 0 Å².